The summed E-state index contributed by atoms with van der Waals surface area (Å²) in [4.78, 5) is 0. The standard InChI is InChI=1S/C17H18F2/c18-16-11-9-15(10-12-16)13-17(19)8-4-7-14-5-2-1-3-6-14/h1-3,5-6,9-12,17H,4,7-8,13H2. The average molecular weight is 260 g/mol. The molecule has 0 aromatic heterocycles. The Kier molecular flexibility index (Phi) is 5.08. The summed E-state index contributed by atoms with van der Waals surface area (Å²) in [5.41, 5.74) is 2.10. The number of aryl methyl sites for hydroxylation is 1. The van der Waals surface area contributed by atoms with Gasteiger partial charge in [-0.1, -0.05) is 42.5 Å². The highest BCUT2D eigenvalue weighted by Gasteiger charge is 2.07. The first-order valence-electron chi connectivity index (χ1n) is 6.66. The van der Waals surface area contributed by atoms with E-state index in [-0.39, 0.29) is 5.82 Å². The largest absolute Gasteiger partial charge is 0.247 e. The van der Waals surface area contributed by atoms with Crippen LogP contribution in [0.5, 0.6) is 0 Å². The van der Waals surface area contributed by atoms with Crippen LogP contribution in [0.2, 0.25) is 0 Å². The molecule has 0 spiro atoms. The molecule has 19 heavy (non-hydrogen) atoms. The Morgan fingerprint density at radius 3 is 2.21 bits per heavy atom. The molecule has 0 amide bonds. The lowest BCUT2D eigenvalue weighted by Crippen LogP contribution is -2.05. The molecule has 0 aliphatic rings. The molecule has 2 rings (SSSR count). The van der Waals surface area contributed by atoms with Gasteiger partial charge in [0.25, 0.3) is 0 Å². The second kappa shape index (κ2) is 7.03. The summed E-state index contributed by atoms with van der Waals surface area (Å²) in [6, 6.07) is 16.2. The van der Waals surface area contributed by atoms with E-state index in [0.717, 1.165) is 18.4 Å². The Balaban J connectivity index is 1.73. The second-order valence-electron chi connectivity index (χ2n) is 4.81. The molecule has 2 aromatic carbocycles. The zero-order valence-corrected chi connectivity index (χ0v) is 10.9. The SMILES string of the molecule is Fc1ccc(CC(F)CCCc2ccccc2)cc1. The highest BCUT2D eigenvalue weighted by atomic mass is 19.1. The fraction of sp³-hybridized carbons (Fsp3) is 0.294. The maximum absolute atomic E-state index is 13.8. The summed E-state index contributed by atoms with van der Waals surface area (Å²) in [6.07, 6.45) is 1.81. The van der Waals surface area contributed by atoms with Gasteiger partial charge in [-0.05, 0) is 42.5 Å². The first-order valence-corrected chi connectivity index (χ1v) is 6.66. The Morgan fingerprint density at radius 2 is 1.53 bits per heavy atom. The van der Waals surface area contributed by atoms with Crippen molar-refractivity contribution in [2.75, 3.05) is 0 Å². The van der Waals surface area contributed by atoms with Gasteiger partial charge in [0, 0.05) is 6.42 Å². The van der Waals surface area contributed by atoms with Gasteiger partial charge >= 0.3 is 0 Å². The third kappa shape index (κ3) is 4.82. The lowest BCUT2D eigenvalue weighted by atomic mass is 10.0. The number of alkyl halides is 1. The molecule has 0 aliphatic heterocycles. The second-order valence-corrected chi connectivity index (χ2v) is 4.81. The molecule has 2 aromatic rings. The van der Waals surface area contributed by atoms with E-state index >= 15 is 0 Å². The Bertz CT molecular complexity index is 476. The minimum atomic E-state index is -0.853. The predicted molar refractivity (Wildman–Crippen MR) is 74.4 cm³/mol. The topological polar surface area (TPSA) is 0 Å². The van der Waals surface area contributed by atoms with Crippen LogP contribution < -0.4 is 0 Å². The van der Waals surface area contributed by atoms with Crippen LogP contribution in [0.15, 0.2) is 54.6 Å². The molecule has 0 radical (unpaired) electrons. The molecular formula is C17H18F2. The number of halogens is 2. The molecule has 0 aliphatic carbocycles. The van der Waals surface area contributed by atoms with E-state index in [0.29, 0.717) is 12.8 Å². The molecule has 0 N–H and O–H groups in total. The van der Waals surface area contributed by atoms with E-state index in [2.05, 4.69) is 12.1 Å². The molecule has 1 atom stereocenters. The van der Waals surface area contributed by atoms with Crippen molar-refractivity contribution in [3.8, 4) is 0 Å². The lowest BCUT2D eigenvalue weighted by Gasteiger charge is -2.08. The van der Waals surface area contributed by atoms with Crippen molar-refractivity contribution in [1.82, 2.24) is 0 Å². The fourth-order valence-electron chi connectivity index (χ4n) is 2.15. The molecule has 0 fully saturated rings. The number of hydrogen-bond acceptors (Lipinski definition) is 0. The van der Waals surface area contributed by atoms with Crippen LogP contribution in [0, 0.1) is 5.82 Å². The zero-order chi connectivity index (χ0) is 13.5. The van der Waals surface area contributed by atoms with E-state index in [4.69, 9.17) is 0 Å². The van der Waals surface area contributed by atoms with Crippen LogP contribution in [-0.4, -0.2) is 6.17 Å². The first kappa shape index (κ1) is 13.7. The Labute approximate surface area is 113 Å². The van der Waals surface area contributed by atoms with Gasteiger partial charge in [0.1, 0.15) is 12.0 Å². The summed E-state index contributed by atoms with van der Waals surface area (Å²) >= 11 is 0. The molecule has 100 valence electrons. The third-order valence-electron chi connectivity index (χ3n) is 3.20. The van der Waals surface area contributed by atoms with Crippen molar-refractivity contribution in [2.45, 2.75) is 31.9 Å². The average Bonchev–Trinajstić information content (AvgIpc) is 2.43. The quantitative estimate of drug-likeness (QED) is 0.704. The van der Waals surface area contributed by atoms with Gasteiger partial charge in [-0.15, -0.1) is 0 Å². The molecule has 0 saturated heterocycles. The van der Waals surface area contributed by atoms with Gasteiger partial charge in [0.05, 0.1) is 0 Å². The minimum absolute atomic E-state index is 0.275. The highest BCUT2D eigenvalue weighted by Crippen LogP contribution is 2.13. The summed E-state index contributed by atoms with van der Waals surface area (Å²) in [5.74, 6) is -0.275. The highest BCUT2D eigenvalue weighted by molar-refractivity contribution is 5.17. The molecule has 0 saturated carbocycles. The van der Waals surface area contributed by atoms with Crippen molar-refractivity contribution in [2.24, 2.45) is 0 Å². The normalized spacial score (nSPS) is 12.3. The van der Waals surface area contributed by atoms with Gasteiger partial charge in [0.2, 0.25) is 0 Å². The summed E-state index contributed by atoms with van der Waals surface area (Å²) in [6.45, 7) is 0. The van der Waals surface area contributed by atoms with Gasteiger partial charge in [-0.3, -0.25) is 0 Å². The summed E-state index contributed by atoms with van der Waals surface area (Å²) < 4.78 is 26.5. The predicted octanol–water partition coefficient (Wildman–Crippen LogP) is 4.73. The number of rotatable bonds is 6. The van der Waals surface area contributed by atoms with Crippen molar-refractivity contribution in [1.29, 1.82) is 0 Å². The zero-order valence-electron chi connectivity index (χ0n) is 10.9. The van der Waals surface area contributed by atoms with E-state index in [1.165, 1.54) is 17.7 Å². The van der Waals surface area contributed by atoms with Crippen LogP contribution >= 0.6 is 0 Å². The van der Waals surface area contributed by atoms with Crippen LogP contribution in [0.3, 0.4) is 0 Å². The molecule has 0 nitrogen and oxygen atoms in total. The van der Waals surface area contributed by atoms with Crippen molar-refractivity contribution in [3.05, 3.63) is 71.5 Å². The molecule has 2 heteroatoms. The van der Waals surface area contributed by atoms with Crippen molar-refractivity contribution in [3.63, 3.8) is 0 Å². The maximum Gasteiger partial charge on any atom is 0.123 e. The summed E-state index contributed by atoms with van der Waals surface area (Å²) in [7, 11) is 0. The van der Waals surface area contributed by atoms with Crippen LogP contribution in [0.25, 0.3) is 0 Å². The van der Waals surface area contributed by atoms with Crippen LogP contribution in [0.4, 0.5) is 8.78 Å². The van der Waals surface area contributed by atoms with Gasteiger partial charge in [-0.25, -0.2) is 8.78 Å². The molecule has 1 unspecified atom stereocenters. The fourth-order valence-corrected chi connectivity index (χ4v) is 2.15. The monoisotopic (exact) mass is 260 g/mol. The van der Waals surface area contributed by atoms with E-state index < -0.39 is 6.17 Å². The van der Waals surface area contributed by atoms with E-state index in [9.17, 15) is 8.78 Å². The van der Waals surface area contributed by atoms with Gasteiger partial charge < -0.3 is 0 Å². The van der Waals surface area contributed by atoms with Gasteiger partial charge in [-0.2, -0.15) is 0 Å². The molecule has 0 heterocycles. The Morgan fingerprint density at radius 1 is 0.842 bits per heavy atom. The first-order chi connectivity index (χ1) is 9.24. The number of benzene rings is 2. The molecule has 0 bridgehead atoms. The van der Waals surface area contributed by atoms with Crippen molar-refractivity contribution < 1.29 is 8.78 Å². The summed E-state index contributed by atoms with van der Waals surface area (Å²) in [5, 5.41) is 0. The smallest absolute Gasteiger partial charge is 0.123 e. The van der Waals surface area contributed by atoms with Crippen LogP contribution in [-0.2, 0) is 12.8 Å². The molecular weight excluding hydrogens is 242 g/mol. The lowest BCUT2D eigenvalue weighted by molar-refractivity contribution is 0.306. The van der Waals surface area contributed by atoms with Crippen molar-refractivity contribution >= 4 is 0 Å². The van der Waals surface area contributed by atoms with E-state index in [1.54, 1.807) is 12.1 Å². The Hall–Kier alpha value is -1.70. The van der Waals surface area contributed by atoms with Crippen LogP contribution in [0.1, 0.15) is 24.0 Å². The minimum Gasteiger partial charge on any atom is -0.247 e. The maximum atomic E-state index is 13.8. The number of hydrogen-bond donors (Lipinski definition) is 0. The van der Waals surface area contributed by atoms with E-state index in [1.807, 2.05) is 18.2 Å². The van der Waals surface area contributed by atoms with Gasteiger partial charge in [0.15, 0.2) is 0 Å². The third-order valence-corrected chi connectivity index (χ3v) is 3.20.